The van der Waals surface area contributed by atoms with Crippen molar-refractivity contribution in [1.29, 1.82) is 5.26 Å². The van der Waals surface area contributed by atoms with Crippen LogP contribution in [0.5, 0.6) is 11.6 Å². The number of ether oxygens (including phenoxy) is 4. The van der Waals surface area contributed by atoms with Crippen molar-refractivity contribution in [3.8, 4) is 29.0 Å². The molecule has 49 heavy (non-hydrogen) atoms. The predicted molar refractivity (Wildman–Crippen MR) is 176 cm³/mol. The van der Waals surface area contributed by atoms with Crippen molar-refractivity contribution in [1.82, 2.24) is 24.8 Å². The molecule has 0 aliphatic carbocycles. The van der Waals surface area contributed by atoms with E-state index in [9.17, 15) is 10.1 Å². The third-order valence-corrected chi connectivity index (χ3v) is 8.94. The molecule has 1 aromatic carbocycles. The van der Waals surface area contributed by atoms with Crippen LogP contribution in [-0.2, 0) is 9.47 Å². The van der Waals surface area contributed by atoms with Crippen LogP contribution in [0.2, 0.25) is 0 Å². The van der Waals surface area contributed by atoms with Gasteiger partial charge in [-0.15, -0.1) is 0 Å². The number of hydrogen-bond acceptors (Lipinski definition) is 11. The van der Waals surface area contributed by atoms with E-state index < -0.39 is 30.3 Å². The molecule has 260 valence electrons. The van der Waals surface area contributed by atoms with Crippen LogP contribution in [-0.4, -0.2) is 101 Å². The standard InChI is InChI=1S/C35H41F2N7O5/c1-34(2,3)49-33(45)44-16-12-29(35(36,37)21-44)48-28-7-5-23(17-24(28)18-38)27-9-13-39-32(40-27)42-30-8-6-26(31(41-30)46-4)22-10-14-43(15-11-22)25-19-47-20-25/h5-9,13,17,22,25,29H,10-12,14-16,19-21H2,1-4H3,(H,39,40,41,42). The van der Waals surface area contributed by atoms with Crippen molar-refractivity contribution in [3.05, 3.63) is 53.7 Å². The van der Waals surface area contributed by atoms with Crippen molar-refractivity contribution in [2.24, 2.45) is 0 Å². The minimum Gasteiger partial charge on any atom is -0.483 e. The van der Waals surface area contributed by atoms with E-state index in [2.05, 4.69) is 25.2 Å². The summed E-state index contributed by atoms with van der Waals surface area (Å²) in [6, 6.07) is 12.8. The van der Waals surface area contributed by atoms with E-state index in [1.807, 2.05) is 18.2 Å². The number of alkyl halides is 2. The summed E-state index contributed by atoms with van der Waals surface area (Å²) in [6.45, 7) is 7.89. The van der Waals surface area contributed by atoms with Crippen molar-refractivity contribution in [2.45, 2.75) is 69.6 Å². The summed E-state index contributed by atoms with van der Waals surface area (Å²) >= 11 is 0. The highest BCUT2D eigenvalue weighted by molar-refractivity contribution is 5.68. The van der Waals surface area contributed by atoms with E-state index in [0.29, 0.717) is 34.9 Å². The van der Waals surface area contributed by atoms with Crippen LogP contribution in [0.1, 0.15) is 57.1 Å². The number of anilines is 2. The van der Waals surface area contributed by atoms with Gasteiger partial charge in [0.2, 0.25) is 11.8 Å². The molecular formula is C35H41F2N7O5. The summed E-state index contributed by atoms with van der Waals surface area (Å²) in [5, 5.41) is 13.0. The number of nitrogens with one attached hydrogen (secondary N) is 1. The molecule has 14 heteroatoms. The molecule has 0 saturated carbocycles. The largest absolute Gasteiger partial charge is 0.483 e. The van der Waals surface area contributed by atoms with Crippen molar-refractivity contribution in [3.63, 3.8) is 0 Å². The fourth-order valence-corrected chi connectivity index (χ4v) is 6.28. The van der Waals surface area contributed by atoms with Gasteiger partial charge in [-0.25, -0.2) is 23.5 Å². The molecule has 12 nitrogen and oxygen atoms in total. The second kappa shape index (κ2) is 14.1. The fourth-order valence-electron chi connectivity index (χ4n) is 6.28. The topological polar surface area (TPSA) is 135 Å². The maximum atomic E-state index is 15.1. The summed E-state index contributed by atoms with van der Waals surface area (Å²) in [6.07, 6.45) is 1.17. The van der Waals surface area contributed by atoms with Gasteiger partial charge in [-0.2, -0.15) is 10.2 Å². The number of nitriles is 1. The summed E-state index contributed by atoms with van der Waals surface area (Å²) in [5.41, 5.74) is 1.42. The Morgan fingerprint density at radius 3 is 2.51 bits per heavy atom. The summed E-state index contributed by atoms with van der Waals surface area (Å²) in [5.74, 6) is -1.63. The minimum atomic E-state index is -3.36. The number of carbonyl (C=O) groups excluding carboxylic acids is 1. The molecule has 0 radical (unpaired) electrons. The molecule has 1 amide bonds. The average Bonchev–Trinajstić information content (AvgIpc) is 3.04. The Balaban J connectivity index is 1.11. The molecule has 3 aliphatic heterocycles. The van der Waals surface area contributed by atoms with Crippen LogP contribution in [0.15, 0.2) is 42.6 Å². The van der Waals surface area contributed by atoms with Gasteiger partial charge in [-0.1, -0.05) is 0 Å². The number of halogens is 2. The SMILES string of the molecule is COc1nc(Nc2nccc(-c3ccc(OC4CCN(C(=O)OC(C)(C)C)CC4(F)F)c(C#N)c3)n2)ccc1C1CCN(C2COC2)CC1. The van der Waals surface area contributed by atoms with E-state index in [0.717, 1.165) is 49.6 Å². The van der Waals surface area contributed by atoms with E-state index in [1.54, 1.807) is 46.2 Å². The zero-order chi connectivity index (χ0) is 34.8. The van der Waals surface area contributed by atoms with Gasteiger partial charge < -0.3 is 29.2 Å². The third-order valence-electron chi connectivity index (χ3n) is 8.94. The molecule has 3 fully saturated rings. The van der Waals surface area contributed by atoms with Crippen LogP contribution in [0.4, 0.5) is 25.3 Å². The molecule has 0 spiro atoms. The first-order valence-corrected chi connectivity index (χ1v) is 16.5. The normalized spacial score (nSPS) is 20.2. The smallest absolute Gasteiger partial charge is 0.410 e. The molecule has 2 aromatic heterocycles. The van der Waals surface area contributed by atoms with Crippen LogP contribution in [0, 0.1) is 11.3 Å². The highest BCUT2D eigenvalue weighted by Crippen LogP contribution is 2.36. The van der Waals surface area contributed by atoms with Gasteiger partial charge in [0.1, 0.15) is 23.2 Å². The number of hydrogen-bond donors (Lipinski definition) is 1. The number of rotatable bonds is 8. The molecule has 1 N–H and O–H groups in total. The number of methoxy groups -OCH3 is 1. The zero-order valence-corrected chi connectivity index (χ0v) is 28.1. The van der Waals surface area contributed by atoms with E-state index in [4.69, 9.17) is 18.9 Å². The second-order valence-corrected chi connectivity index (χ2v) is 13.6. The Kier molecular flexibility index (Phi) is 9.85. The van der Waals surface area contributed by atoms with Crippen molar-refractivity contribution < 1.29 is 32.5 Å². The lowest BCUT2D eigenvalue weighted by Crippen LogP contribution is -2.56. The lowest BCUT2D eigenvalue weighted by atomic mass is 9.89. The maximum absolute atomic E-state index is 15.1. The van der Waals surface area contributed by atoms with Crippen LogP contribution >= 0.6 is 0 Å². The van der Waals surface area contributed by atoms with E-state index in [1.165, 1.54) is 12.1 Å². The average molecular weight is 678 g/mol. The van der Waals surface area contributed by atoms with Gasteiger partial charge in [-0.3, -0.25) is 4.90 Å². The first-order chi connectivity index (χ1) is 23.4. The van der Waals surface area contributed by atoms with Crippen molar-refractivity contribution >= 4 is 17.9 Å². The molecule has 6 rings (SSSR count). The second-order valence-electron chi connectivity index (χ2n) is 13.6. The van der Waals surface area contributed by atoms with Crippen LogP contribution in [0.25, 0.3) is 11.3 Å². The summed E-state index contributed by atoms with van der Waals surface area (Å²) < 4.78 is 52.2. The Morgan fingerprint density at radius 1 is 1.08 bits per heavy atom. The summed E-state index contributed by atoms with van der Waals surface area (Å²) in [4.78, 5) is 29.5. The Labute approximate surface area is 284 Å². The number of amides is 1. The van der Waals surface area contributed by atoms with Crippen LogP contribution < -0.4 is 14.8 Å². The van der Waals surface area contributed by atoms with E-state index in [-0.39, 0.29) is 30.2 Å². The summed E-state index contributed by atoms with van der Waals surface area (Å²) in [7, 11) is 1.61. The molecule has 1 unspecified atom stereocenters. The molecule has 0 bridgehead atoms. The molecule has 3 aliphatic rings. The molecule has 3 saturated heterocycles. The quantitative estimate of drug-likeness (QED) is 0.312. The van der Waals surface area contributed by atoms with Crippen LogP contribution in [0.3, 0.4) is 0 Å². The Morgan fingerprint density at radius 2 is 1.86 bits per heavy atom. The van der Waals surface area contributed by atoms with Gasteiger partial charge >= 0.3 is 12.0 Å². The lowest BCUT2D eigenvalue weighted by molar-refractivity contribution is -0.137. The number of benzene rings is 1. The first kappa shape index (κ1) is 34.3. The number of aromatic nitrogens is 3. The predicted octanol–water partition coefficient (Wildman–Crippen LogP) is 5.76. The van der Waals surface area contributed by atoms with Gasteiger partial charge in [0.25, 0.3) is 0 Å². The van der Waals surface area contributed by atoms with E-state index >= 15 is 8.78 Å². The third kappa shape index (κ3) is 8.00. The maximum Gasteiger partial charge on any atom is 0.410 e. The number of carbonyl (C=O) groups is 1. The lowest BCUT2D eigenvalue weighted by Gasteiger charge is -2.41. The Bertz CT molecular complexity index is 1700. The van der Waals surface area contributed by atoms with Gasteiger partial charge in [0.05, 0.1) is 44.2 Å². The number of pyridine rings is 1. The first-order valence-electron chi connectivity index (χ1n) is 16.5. The zero-order valence-electron chi connectivity index (χ0n) is 28.1. The fraction of sp³-hybridized carbons (Fsp3) is 0.514. The van der Waals surface area contributed by atoms with Gasteiger partial charge in [0.15, 0.2) is 6.10 Å². The highest BCUT2D eigenvalue weighted by atomic mass is 19.3. The number of nitrogens with zero attached hydrogens (tertiary/aromatic N) is 6. The Hall–Kier alpha value is -4.61. The molecule has 5 heterocycles. The van der Waals surface area contributed by atoms with Gasteiger partial charge in [-0.05, 0) is 89.0 Å². The monoisotopic (exact) mass is 677 g/mol. The number of piperidine rings is 2. The number of likely N-dealkylation sites (tertiary alicyclic amines) is 2. The molecular weight excluding hydrogens is 636 g/mol. The highest BCUT2D eigenvalue weighted by Gasteiger charge is 2.48. The molecule has 1 atom stereocenters. The van der Waals surface area contributed by atoms with Gasteiger partial charge in [0, 0.05) is 30.3 Å². The van der Waals surface area contributed by atoms with Crippen molar-refractivity contribution in [2.75, 3.05) is 51.8 Å². The molecule has 3 aromatic rings. The minimum absolute atomic E-state index is 0.0214.